The van der Waals surface area contributed by atoms with E-state index in [1.807, 2.05) is 4.98 Å². The molecule has 0 amide bonds. The molecule has 6 nitrogen and oxygen atoms in total. The fourth-order valence-electron chi connectivity index (χ4n) is 1.47. The number of carboxylic acid groups (broad SMARTS) is 1. The van der Waals surface area contributed by atoms with Gasteiger partial charge in [-0.2, -0.15) is 0 Å². The second kappa shape index (κ2) is 4.28. The number of aromatic nitrogens is 2. The highest BCUT2D eigenvalue weighted by Gasteiger charge is 2.12. The van der Waals surface area contributed by atoms with Gasteiger partial charge in [0.05, 0.1) is 17.2 Å². The molecule has 0 fully saturated rings. The van der Waals surface area contributed by atoms with Gasteiger partial charge in [0.15, 0.2) is 0 Å². The van der Waals surface area contributed by atoms with Crippen molar-refractivity contribution in [1.82, 2.24) is 9.55 Å². The van der Waals surface area contributed by atoms with Crippen LogP contribution in [0.2, 0.25) is 0 Å². The van der Waals surface area contributed by atoms with Crippen molar-refractivity contribution in [2.75, 3.05) is 0 Å². The second-order valence-electron chi connectivity index (χ2n) is 3.39. The molecule has 7 heteroatoms. The van der Waals surface area contributed by atoms with Crippen molar-refractivity contribution in [3.8, 4) is 5.69 Å². The predicted octanol–water partition coefficient (Wildman–Crippen LogP) is -0.972. The van der Waals surface area contributed by atoms with E-state index in [0.717, 1.165) is 12.3 Å². The number of carbonyl (C=O) groups is 1. The van der Waals surface area contributed by atoms with Gasteiger partial charge in [0.25, 0.3) is 5.56 Å². The van der Waals surface area contributed by atoms with Crippen molar-refractivity contribution in [1.29, 1.82) is 0 Å². The number of rotatable bonds is 2. The van der Waals surface area contributed by atoms with Crippen LogP contribution in [0, 0.1) is 5.82 Å². The molecular weight excluding hydrogens is 243 g/mol. The minimum absolute atomic E-state index is 0.327. The van der Waals surface area contributed by atoms with Gasteiger partial charge >= 0.3 is 5.69 Å². The van der Waals surface area contributed by atoms with Crippen molar-refractivity contribution in [3.63, 3.8) is 0 Å². The second-order valence-corrected chi connectivity index (χ2v) is 3.39. The molecule has 0 atom stereocenters. The fraction of sp³-hybridized carbons (Fsp3) is 0. The quantitative estimate of drug-likeness (QED) is 0.740. The van der Waals surface area contributed by atoms with Crippen molar-refractivity contribution in [2.24, 2.45) is 0 Å². The van der Waals surface area contributed by atoms with Crippen LogP contribution in [0.1, 0.15) is 10.4 Å². The van der Waals surface area contributed by atoms with Gasteiger partial charge in [0.1, 0.15) is 5.82 Å². The third-order valence-corrected chi connectivity index (χ3v) is 2.29. The fourth-order valence-corrected chi connectivity index (χ4v) is 1.47. The minimum Gasteiger partial charge on any atom is -0.545 e. The smallest absolute Gasteiger partial charge is 0.333 e. The number of hydrogen-bond acceptors (Lipinski definition) is 4. The first-order valence-electron chi connectivity index (χ1n) is 4.83. The zero-order valence-corrected chi connectivity index (χ0v) is 8.84. The normalized spacial score (nSPS) is 10.3. The van der Waals surface area contributed by atoms with Crippen LogP contribution in [0.4, 0.5) is 4.39 Å². The van der Waals surface area contributed by atoms with Gasteiger partial charge in [-0.05, 0) is 12.1 Å². The van der Waals surface area contributed by atoms with Crippen LogP contribution in [0.3, 0.4) is 0 Å². The Labute approximate surface area is 98.9 Å². The van der Waals surface area contributed by atoms with Gasteiger partial charge in [0, 0.05) is 6.20 Å². The van der Waals surface area contributed by atoms with E-state index >= 15 is 0 Å². The van der Waals surface area contributed by atoms with E-state index in [1.165, 1.54) is 18.2 Å². The number of hydrogen-bond donors (Lipinski definition) is 1. The molecule has 0 aliphatic heterocycles. The van der Waals surface area contributed by atoms with Gasteiger partial charge < -0.3 is 14.9 Å². The van der Waals surface area contributed by atoms with Crippen molar-refractivity contribution < 1.29 is 14.3 Å². The van der Waals surface area contributed by atoms with E-state index in [2.05, 4.69) is 0 Å². The highest BCUT2D eigenvalue weighted by atomic mass is 19.1. The number of carbonyl (C=O) groups excluding carboxylic acids is 1. The Morgan fingerprint density at radius 2 is 1.94 bits per heavy atom. The summed E-state index contributed by atoms with van der Waals surface area (Å²) in [5.74, 6) is -2.57. The van der Waals surface area contributed by atoms with Gasteiger partial charge in [0.2, 0.25) is 0 Å². The van der Waals surface area contributed by atoms with E-state index in [0.29, 0.717) is 4.57 Å². The van der Waals surface area contributed by atoms with Gasteiger partial charge in [-0.25, -0.2) is 13.8 Å². The van der Waals surface area contributed by atoms with Gasteiger partial charge in [-0.1, -0.05) is 12.1 Å². The number of nitrogens with one attached hydrogen (secondary N) is 1. The summed E-state index contributed by atoms with van der Waals surface area (Å²) in [6.07, 6.45) is 0.720. The standard InChI is InChI=1S/C11H7FN2O4/c12-7-3-1-2-4-8(7)14-9(15)6(10(16)17)5-13-11(14)18/h1-5H,(H,13,18)(H,16,17)/p-1. The number of H-pyrrole nitrogens is 1. The van der Waals surface area contributed by atoms with Gasteiger partial charge in [-0.15, -0.1) is 0 Å². The Balaban J connectivity index is 2.84. The van der Waals surface area contributed by atoms with Crippen molar-refractivity contribution >= 4 is 5.97 Å². The average Bonchev–Trinajstić information content (AvgIpc) is 2.31. The van der Waals surface area contributed by atoms with E-state index in [4.69, 9.17) is 0 Å². The van der Waals surface area contributed by atoms with E-state index in [9.17, 15) is 23.9 Å². The van der Waals surface area contributed by atoms with Crippen LogP contribution in [-0.2, 0) is 0 Å². The number of benzene rings is 1. The number of nitrogens with zero attached hydrogens (tertiary/aromatic N) is 1. The molecule has 2 aromatic rings. The van der Waals surface area contributed by atoms with Crippen molar-refractivity contribution in [3.05, 3.63) is 62.7 Å². The first-order chi connectivity index (χ1) is 8.52. The number of para-hydroxylation sites is 1. The van der Waals surface area contributed by atoms with E-state index in [1.54, 1.807) is 0 Å². The molecule has 0 saturated carbocycles. The van der Waals surface area contributed by atoms with Crippen molar-refractivity contribution in [2.45, 2.75) is 0 Å². The first-order valence-corrected chi connectivity index (χ1v) is 4.83. The Hall–Kier alpha value is -2.70. The topological polar surface area (TPSA) is 95.0 Å². The van der Waals surface area contributed by atoms with Crippen LogP contribution in [0.5, 0.6) is 0 Å². The Kier molecular flexibility index (Phi) is 2.80. The molecule has 0 unspecified atom stereocenters. The summed E-state index contributed by atoms with van der Waals surface area (Å²) >= 11 is 0. The molecule has 18 heavy (non-hydrogen) atoms. The molecule has 0 saturated heterocycles. The Morgan fingerprint density at radius 1 is 1.28 bits per heavy atom. The highest BCUT2D eigenvalue weighted by molar-refractivity contribution is 5.84. The molecule has 0 aliphatic carbocycles. The maximum atomic E-state index is 13.5. The predicted molar refractivity (Wildman–Crippen MR) is 56.9 cm³/mol. The molecule has 1 aromatic heterocycles. The summed E-state index contributed by atoms with van der Waals surface area (Å²) in [6, 6.07) is 5.02. The van der Waals surface area contributed by atoms with Crippen LogP contribution >= 0.6 is 0 Å². The molecular formula is C11H6FN2O4-. The summed E-state index contributed by atoms with van der Waals surface area (Å²) in [4.78, 5) is 35.9. The molecule has 0 spiro atoms. The summed E-state index contributed by atoms with van der Waals surface area (Å²) in [6.45, 7) is 0. The summed E-state index contributed by atoms with van der Waals surface area (Å²) in [5.41, 5.74) is -3.16. The minimum atomic E-state index is -1.75. The molecule has 1 heterocycles. The third kappa shape index (κ3) is 1.81. The lowest BCUT2D eigenvalue weighted by atomic mass is 10.3. The SMILES string of the molecule is O=C([O-])c1c[nH]c(=O)n(-c2ccccc2F)c1=O. The lowest BCUT2D eigenvalue weighted by Gasteiger charge is -2.08. The summed E-state index contributed by atoms with van der Waals surface area (Å²) < 4.78 is 13.9. The van der Waals surface area contributed by atoms with Crippen LogP contribution in [0.25, 0.3) is 5.69 Å². The third-order valence-electron chi connectivity index (χ3n) is 2.29. The molecule has 0 aliphatic rings. The average molecular weight is 249 g/mol. The maximum Gasteiger partial charge on any atom is 0.333 e. The zero-order chi connectivity index (χ0) is 13.3. The monoisotopic (exact) mass is 249 g/mol. The van der Waals surface area contributed by atoms with Gasteiger partial charge in [-0.3, -0.25) is 4.79 Å². The molecule has 92 valence electrons. The molecule has 0 bridgehead atoms. The number of aromatic amines is 1. The maximum absolute atomic E-state index is 13.5. The van der Waals surface area contributed by atoms with E-state index in [-0.39, 0.29) is 5.69 Å². The molecule has 1 aromatic carbocycles. The highest BCUT2D eigenvalue weighted by Crippen LogP contribution is 2.08. The molecule has 0 radical (unpaired) electrons. The summed E-state index contributed by atoms with van der Waals surface area (Å²) in [5, 5.41) is 10.7. The lowest BCUT2D eigenvalue weighted by Crippen LogP contribution is -2.40. The van der Waals surface area contributed by atoms with E-state index < -0.39 is 28.6 Å². The zero-order valence-electron chi connectivity index (χ0n) is 8.84. The van der Waals surface area contributed by atoms with Crippen LogP contribution in [0.15, 0.2) is 40.1 Å². The molecule has 2 rings (SSSR count). The summed E-state index contributed by atoms with van der Waals surface area (Å²) in [7, 11) is 0. The number of halogens is 1. The Morgan fingerprint density at radius 3 is 2.56 bits per heavy atom. The van der Waals surface area contributed by atoms with Crippen LogP contribution in [-0.4, -0.2) is 15.5 Å². The van der Waals surface area contributed by atoms with Crippen LogP contribution < -0.4 is 16.4 Å². The largest absolute Gasteiger partial charge is 0.545 e. The number of aromatic carboxylic acids is 1. The Bertz CT molecular complexity index is 732. The number of carboxylic acids is 1. The molecule has 1 N–H and O–H groups in total. The first kappa shape index (κ1) is 11.8. The lowest BCUT2D eigenvalue weighted by molar-refractivity contribution is -0.255.